The van der Waals surface area contributed by atoms with Gasteiger partial charge in [0.05, 0.1) is 23.4 Å². The van der Waals surface area contributed by atoms with Gasteiger partial charge in [-0.2, -0.15) is 10.4 Å². The molecule has 0 fully saturated rings. The van der Waals surface area contributed by atoms with E-state index in [4.69, 9.17) is 5.26 Å². The normalized spacial score (nSPS) is 10.2. The van der Waals surface area contributed by atoms with Crippen molar-refractivity contribution in [3.63, 3.8) is 0 Å². The van der Waals surface area contributed by atoms with Gasteiger partial charge in [0.25, 0.3) is 5.91 Å². The van der Waals surface area contributed by atoms with Gasteiger partial charge in [-0.15, -0.1) is 0 Å². The molecule has 20 heavy (non-hydrogen) atoms. The summed E-state index contributed by atoms with van der Waals surface area (Å²) in [5, 5.41) is 12.6. The van der Waals surface area contributed by atoms with Crippen molar-refractivity contribution < 1.29 is 4.79 Å². The molecule has 0 aliphatic rings. The predicted octanol–water partition coefficient (Wildman–Crippen LogP) is 3.08. The lowest BCUT2D eigenvalue weighted by Crippen LogP contribution is -2.18. The summed E-state index contributed by atoms with van der Waals surface area (Å²) in [6, 6.07) is 16.0. The molecule has 2 aromatic carbocycles. The Balaban J connectivity index is 2.01. The zero-order valence-electron chi connectivity index (χ0n) is 10.4. The van der Waals surface area contributed by atoms with E-state index in [9.17, 15) is 4.79 Å². The Labute approximate surface area is 124 Å². The summed E-state index contributed by atoms with van der Waals surface area (Å²) in [5.41, 5.74) is 4.36. The number of hydrogen-bond acceptors (Lipinski definition) is 3. The Kier molecular flexibility index (Phi) is 4.64. The first kappa shape index (κ1) is 14.0. The molecule has 0 atom stereocenters. The van der Waals surface area contributed by atoms with Crippen molar-refractivity contribution >= 4 is 28.1 Å². The molecule has 0 unspecified atom stereocenters. The van der Waals surface area contributed by atoms with Crippen LogP contribution in [0.3, 0.4) is 0 Å². The van der Waals surface area contributed by atoms with Crippen LogP contribution in [-0.4, -0.2) is 12.1 Å². The molecule has 0 aliphatic heterocycles. The molecule has 0 aliphatic carbocycles. The fraction of sp³-hybridized carbons (Fsp3) is 0. The number of benzene rings is 2. The van der Waals surface area contributed by atoms with Gasteiger partial charge < -0.3 is 0 Å². The minimum Gasteiger partial charge on any atom is -0.267 e. The first-order chi connectivity index (χ1) is 9.70. The molecule has 0 heterocycles. The number of hydrazone groups is 1. The number of carbonyl (C=O) groups is 1. The first-order valence-corrected chi connectivity index (χ1v) is 6.58. The van der Waals surface area contributed by atoms with Crippen LogP contribution in [0.25, 0.3) is 0 Å². The Bertz CT molecular complexity index is 687. The van der Waals surface area contributed by atoms with E-state index in [-0.39, 0.29) is 5.91 Å². The molecule has 0 saturated heterocycles. The van der Waals surface area contributed by atoms with E-state index in [1.165, 1.54) is 6.21 Å². The monoisotopic (exact) mass is 327 g/mol. The number of nitrogens with zero attached hydrogens (tertiary/aromatic N) is 2. The molecular weight excluding hydrogens is 318 g/mol. The summed E-state index contributed by atoms with van der Waals surface area (Å²) >= 11 is 3.31. The topological polar surface area (TPSA) is 65.2 Å². The van der Waals surface area contributed by atoms with Crippen molar-refractivity contribution in [2.45, 2.75) is 0 Å². The van der Waals surface area contributed by atoms with Gasteiger partial charge in [-0.25, -0.2) is 5.43 Å². The lowest BCUT2D eigenvalue weighted by atomic mass is 10.2. The van der Waals surface area contributed by atoms with Crippen LogP contribution in [0, 0.1) is 11.3 Å². The Hall–Kier alpha value is -2.45. The number of halogens is 1. The molecule has 2 rings (SSSR count). The minimum absolute atomic E-state index is 0.289. The van der Waals surface area contributed by atoms with Gasteiger partial charge in [0.1, 0.15) is 0 Å². The van der Waals surface area contributed by atoms with Crippen LogP contribution < -0.4 is 5.43 Å². The summed E-state index contributed by atoms with van der Waals surface area (Å²) in [4.78, 5) is 11.9. The van der Waals surface area contributed by atoms with Gasteiger partial charge in [0.2, 0.25) is 0 Å². The van der Waals surface area contributed by atoms with E-state index in [0.29, 0.717) is 15.6 Å². The third-order valence-electron chi connectivity index (χ3n) is 2.54. The zero-order chi connectivity index (χ0) is 14.4. The van der Waals surface area contributed by atoms with Gasteiger partial charge in [-0.3, -0.25) is 4.79 Å². The van der Waals surface area contributed by atoms with Crippen molar-refractivity contribution in [3.05, 3.63) is 69.7 Å². The molecule has 1 N–H and O–H groups in total. The highest BCUT2D eigenvalue weighted by molar-refractivity contribution is 9.10. The maximum atomic E-state index is 11.9. The van der Waals surface area contributed by atoms with Crippen molar-refractivity contribution in [1.29, 1.82) is 5.26 Å². The van der Waals surface area contributed by atoms with E-state index in [0.717, 1.165) is 5.56 Å². The van der Waals surface area contributed by atoms with Crippen LogP contribution in [0.4, 0.5) is 0 Å². The number of amides is 1. The fourth-order valence-electron chi connectivity index (χ4n) is 1.51. The Morgan fingerprint density at radius 3 is 2.55 bits per heavy atom. The number of nitriles is 1. The van der Waals surface area contributed by atoms with Crippen LogP contribution in [0.5, 0.6) is 0 Å². The molecule has 98 valence electrons. The van der Waals surface area contributed by atoms with E-state index >= 15 is 0 Å². The van der Waals surface area contributed by atoms with Gasteiger partial charge in [0.15, 0.2) is 0 Å². The van der Waals surface area contributed by atoms with Crippen molar-refractivity contribution in [2.75, 3.05) is 0 Å². The van der Waals surface area contributed by atoms with Crippen molar-refractivity contribution in [1.82, 2.24) is 5.43 Å². The highest BCUT2D eigenvalue weighted by atomic mass is 79.9. The number of rotatable bonds is 3. The Morgan fingerprint density at radius 2 is 1.90 bits per heavy atom. The minimum atomic E-state index is -0.289. The molecular formula is C15H10BrN3O. The van der Waals surface area contributed by atoms with Gasteiger partial charge in [0, 0.05) is 4.47 Å². The second kappa shape index (κ2) is 6.64. The summed E-state index contributed by atoms with van der Waals surface area (Å²) in [6.45, 7) is 0. The average molecular weight is 328 g/mol. The van der Waals surface area contributed by atoms with Crippen LogP contribution in [-0.2, 0) is 0 Å². The maximum absolute atomic E-state index is 11.9. The summed E-state index contributed by atoms with van der Waals surface area (Å²) < 4.78 is 0.714. The SMILES string of the molecule is N#Cc1ccc(/C=N\NC(=O)c2ccccc2Br)cc1. The van der Waals surface area contributed by atoms with Gasteiger partial charge in [-0.05, 0) is 45.8 Å². The standard InChI is InChI=1S/C15H10BrN3O/c16-14-4-2-1-3-13(14)15(20)19-18-10-12-7-5-11(9-17)6-8-12/h1-8,10H,(H,19,20)/b18-10-. The molecule has 0 saturated carbocycles. The molecule has 5 heteroatoms. The fourth-order valence-corrected chi connectivity index (χ4v) is 1.98. The van der Waals surface area contributed by atoms with Gasteiger partial charge in [-0.1, -0.05) is 24.3 Å². The lowest BCUT2D eigenvalue weighted by molar-refractivity contribution is 0.0954. The maximum Gasteiger partial charge on any atom is 0.272 e. The summed E-state index contributed by atoms with van der Waals surface area (Å²) in [6.07, 6.45) is 1.52. The number of nitrogens with one attached hydrogen (secondary N) is 1. The molecule has 4 nitrogen and oxygen atoms in total. The highest BCUT2D eigenvalue weighted by Crippen LogP contribution is 2.15. The second-order valence-electron chi connectivity index (χ2n) is 3.91. The summed E-state index contributed by atoms with van der Waals surface area (Å²) in [7, 11) is 0. The van der Waals surface area contributed by atoms with E-state index in [2.05, 4.69) is 26.5 Å². The second-order valence-corrected chi connectivity index (χ2v) is 4.77. The zero-order valence-corrected chi connectivity index (χ0v) is 12.0. The average Bonchev–Trinajstić information content (AvgIpc) is 2.48. The highest BCUT2D eigenvalue weighted by Gasteiger charge is 2.07. The predicted molar refractivity (Wildman–Crippen MR) is 80.4 cm³/mol. The summed E-state index contributed by atoms with van der Waals surface area (Å²) in [5.74, 6) is -0.289. The van der Waals surface area contributed by atoms with Crippen LogP contribution >= 0.6 is 15.9 Å². The quantitative estimate of drug-likeness (QED) is 0.695. The lowest BCUT2D eigenvalue weighted by Gasteiger charge is -2.01. The number of carbonyl (C=O) groups excluding carboxylic acids is 1. The molecule has 2 aromatic rings. The third-order valence-corrected chi connectivity index (χ3v) is 3.23. The molecule has 1 amide bonds. The van der Waals surface area contributed by atoms with E-state index < -0.39 is 0 Å². The van der Waals surface area contributed by atoms with Crippen LogP contribution in [0.2, 0.25) is 0 Å². The van der Waals surface area contributed by atoms with Crippen LogP contribution in [0.1, 0.15) is 21.5 Å². The molecule has 0 spiro atoms. The van der Waals surface area contributed by atoms with Crippen molar-refractivity contribution in [2.24, 2.45) is 5.10 Å². The van der Waals surface area contributed by atoms with E-state index in [1.807, 2.05) is 12.1 Å². The molecule has 0 bridgehead atoms. The first-order valence-electron chi connectivity index (χ1n) is 5.79. The third kappa shape index (κ3) is 3.53. The Morgan fingerprint density at radius 1 is 1.20 bits per heavy atom. The largest absolute Gasteiger partial charge is 0.272 e. The smallest absolute Gasteiger partial charge is 0.267 e. The van der Waals surface area contributed by atoms with Crippen LogP contribution in [0.15, 0.2) is 58.1 Å². The number of hydrogen-bond donors (Lipinski definition) is 1. The van der Waals surface area contributed by atoms with E-state index in [1.54, 1.807) is 42.5 Å². The molecule has 0 radical (unpaired) electrons. The van der Waals surface area contributed by atoms with Crippen molar-refractivity contribution in [3.8, 4) is 6.07 Å². The molecule has 0 aromatic heterocycles. The van der Waals surface area contributed by atoms with Gasteiger partial charge >= 0.3 is 0 Å².